The minimum atomic E-state index is -0.205. The van der Waals surface area contributed by atoms with Gasteiger partial charge in [0.1, 0.15) is 0 Å². The van der Waals surface area contributed by atoms with Crippen LogP contribution in [0.15, 0.2) is 28.7 Å². The Bertz CT molecular complexity index is 655. The highest BCUT2D eigenvalue weighted by Gasteiger charge is 2.17. The molecule has 0 aliphatic carbocycles. The van der Waals surface area contributed by atoms with Crippen LogP contribution < -0.4 is 10.6 Å². The average Bonchev–Trinajstić information content (AvgIpc) is 2.87. The molecule has 0 aliphatic rings. The molecule has 1 aromatic carbocycles. The fourth-order valence-corrected chi connectivity index (χ4v) is 2.53. The number of hydrogen-bond acceptors (Lipinski definition) is 4. The molecule has 7 heteroatoms. The van der Waals surface area contributed by atoms with Gasteiger partial charge in [-0.05, 0) is 38.6 Å². The van der Waals surface area contributed by atoms with E-state index in [1.54, 1.807) is 4.68 Å². The molecule has 0 spiro atoms. The number of amides is 1. The van der Waals surface area contributed by atoms with Crippen molar-refractivity contribution in [1.29, 1.82) is 0 Å². The lowest BCUT2D eigenvalue weighted by Gasteiger charge is -2.12. The van der Waals surface area contributed by atoms with Crippen molar-refractivity contribution in [2.24, 2.45) is 0 Å². The zero-order valence-electron chi connectivity index (χ0n) is 12.9. The lowest BCUT2D eigenvalue weighted by molar-refractivity contribution is 0.0944. The maximum Gasteiger partial charge on any atom is 0.273 e. The van der Waals surface area contributed by atoms with Crippen LogP contribution in [0.5, 0.6) is 0 Å². The Hall–Kier alpha value is -1.73. The number of nitrogens with zero attached hydrogens (tertiary/aromatic N) is 3. The van der Waals surface area contributed by atoms with Crippen molar-refractivity contribution in [3.05, 3.63) is 40.1 Å². The molecular weight excluding hydrogens is 346 g/mol. The van der Waals surface area contributed by atoms with Gasteiger partial charge in [0.2, 0.25) is 0 Å². The van der Waals surface area contributed by atoms with Crippen LogP contribution in [0.3, 0.4) is 0 Å². The van der Waals surface area contributed by atoms with Crippen molar-refractivity contribution in [3.8, 4) is 5.69 Å². The molecule has 0 aliphatic heterocycles. The van der Waals surface area contributed by atoms with Crippen molar-refractivity contribution in [3.63, 3.8) is 0 Å². The Morgan fingerprint density at radius 2 is 2.23 bits per heavy atom. The number of nitrogens with one attached hydrogen (secondary N) is 2. The average molecular weight is 366 g/mol. The second-order valence-electron chi connectivity index (χ2n) is 5.08. The maximum atomic E-state index is 12.2. The maximum absolute atomic E-state index is 12.2. The molecule has 1 atom stereocenters. The zero-order chi connectivity index (χ0) is 16.1. The van der Waals surface area contributed by atoms with Gasteiger partial charge in [0, 0.05) is 17.1 Å². The van der Waals surface area contributed by atoms with E-state index in [2.05, 4.69) is 36.9 Å². The summed E-state index contributed by atoms with van der Waals surface area (Å²) in [5.41, 5.74) is 1.93. The first-order chi connectivity index (χ1) is 10.5. The Labute approximate surface area is 138 Å². The van der Waals surface area contributed by atoms with E-state index in [0.717, 1.165) is 16.7 Å². The normalized spacial score (nSPS) is 12.2. The summed E-state index contributed by atoms with van der Waals surface area (Å²) < 4.78 is 2.61. The number of aromatic nitrogens is 3. The largest absolute Gasteiger partial charge is 0.349 e. The lowest BCUT2D eigenvalue weighted by atomic mass is 10.2. The molecule has 0 radical (unpaired) electrons. The highest BCUT2D eigenvalue weighted by atomic mass is 79.9. The molecule has 1 heterocycles. The Kier molecular flexibility index (Phi) is 5.68. The zero-order valence-corrected chi connectivity index (χ0v) is 14.5. The molecule has 0 bridgehead atoms. The fourth-order valence-electron chi connectivity index (χ4n) is 2.14. The molecule has 118 valence electrons. The molecule has 2 rings (SSSR count). The Balaban J connectivity index is 2.12. The second-order valence-corrected chi connectivity index (χ2v) is 6.00. The molecule has 2 aromatic rings. The summed E-state index contributed by atoms with van der Waals surface area (Å²) >= 11 is 3.43. The van der Waals surface area contributed by atoms with E-state index in [0.29, 0.717) is 17.9 Å². The van der Waals surface area contributed by atoms with Gasteiger partial charge in [0.05, 0.1) is 11.4 Å². The van der Waals surface area contributed by atoms with Crippen LogP contribution in [0, 0.1) is 6.92 Å². The highest BCUT2D eigenvalue weighted by Crippen LogP contribution is 2.17. The molecule has 22 heavy (non-hydrogen) atoms. The summed E-state index contributed by atoms with van der Waals surface area (Å²) in [6.45, 7) is 7.32. The molecule has 0 saturated carbocycles. The summed E-state index contributed by atoms with van der Waals surface area (Å²) in [5.74, 6) is -0.205. The number of halogens is 1. The van der Waals surface area contributed by atoms with Crippen LogP contribution in [-0.4, -0.2) is 40.0 Å². The third-order valence-electron chi connectivity index (χ3n) is 3.28. The van der Waals surface area contributed by atoms with Crippen LogP contribution in [-0.2, 0) is 0 Å². The monoisotopic (exact) mass is 365 g/mol. The van der Waals surface area contributed by atoms with Gasteiger partial charge in [0.25, 0.3) is 5.91 Å². The third-order valence-corrected chi connectivity index (χ3v) is 3.78. The molecule has 6 nitrogen and oxygen atoms in total. The summed E-state index contributed by atoms with van der Waals surface area (Å²) in [7, 11) is 0. The number of benzene rings is 1. The quantitative estimate of drug-likeness (QED) is 0.821. The van der Waals surface area contributed by atoms with Gasteiger partial charge in [0.15, 0.2) is 5.69 Å². The molecule has 1 aromatic heterocycles. The topological polar surface area (TPSA) is 71.8 Å². The number of likely N-dealkylation sites (N-methyl/N-ethyl adjacent to an activating group) is 1. The van der Waals surface area contributed by atoms with Crippen LogP contribution >= 0.6 is 15.9 Å². The van der Waals surface area contributed by atoms with Gasteiger partial charge in [-0.15, -0.1) is 5.10 Å². The summed E-state index contributed by atoms with van der Waals surface area (Å²) in [6, 6.07) is 7.91. The predicted octanol–water partition coefficient (Wildman–Crippen LogP) is 2.07. The highest BCUT2D eigenvalue weighted by molar-refractivity contribution is 9.10. The molecule has 0 saturated heterocycles. The standard InChI is InChI=1S/C15H20BrN5O/c1-4-17-10(2)9-18-15(22)14-11(3)21(20-19-14)13-7-5-6-12(16)8-13/h5-8,10,17H,4,9H2,1-3H3,(H,18,22)/t10-/m1/s1. The van der Waals surface area contributed by atoms with Gasteiger partial charge in [-0.3, -0.25) is 4.79 Å². The number of carbonyl (C=O) groups excluding carboxylic acids is 1. The molecule has 0 unspecified atom stereocenters. The van der Waals surface area contributed by atoms with E-state index in [1.165, 1.54) is 0 Å². The number of rotatable bonds is 6. The number of carbonyl (C=O) groups is 1. The summed E-state index contributed by atoms with van der Waals surface area (Å²) in [5, 5.41) is 14.2. The first-order valence-electron chi connectivity index (χ1n) is 7.22. The van der Waals surface area contributed by atoms with E-state index >= 15 is 0 Å². The predicted molar refractivity (Wildman–Crippen MR) is 89.3 cm³/mol. The van der Waals surface area contributed by atoms with E-state index < -0.39 is 0 Å². The first kappa shape index (κ1) is 16.6. The molecule has 1 amide bonds. The van der Waals surface area contributed by atoms with Crippen LogP contribution in [0.4, 0.5) is 0 Å². The SMILES string of the molecule is CCN[C@H](C)CNC(=O)c1nnn(-c2cccc(Br)c2)c1C. The van der Waals surface area contributed by atoms with Crippen molar-refractivity contribution in [2.45, 2.75) is 26.8 Å². The van der Waals surface area contributed by atoms with Crippen molar-refractivity contribution in [2.75, 3.05) is 13.1 Å². The third kappa shape index (κ3) is 3.92. The van der Waals surface area contributed by atoms with Gasteiger partial charge in [-0.25, -0.2) is 4.68 Å². The molecular formula is C15H20BrN5O. The van der Waals surface area contributed by atoms with Crippen molar-refractivity contribution >= 4 is 21.8 Å². The van der Waals surface area contributed by atoms with E-state index in [4.69, 9.17) is 0 Å². The lowest BCUT2D eigenvalue weighted by Crippen LogP contribution is -2.39. The minimum absolute atomic E-state index is 0.205. The van der Waals surface area contributed by atoms with Gasteiger partial charge in [-0.1, -0.05) is 34.1 Å². The molecule has 0 fully saturated rings. The van der Waals surface area contributed by atoms with Gasteiger partial charge in [-0.2, -0.15) is 0 Å². The Morgan fingerprint density at radius 1 is 1.45 bits per heavy atom. The minimum Gasteiger partial charge on any atom is -0.349 e. The summed E-state index contributed by atoms with van der Waals surface area (Å²) in [6.07, 6.45) is 0. The van der Waals surface area contributed by atoms with E-state index in [9.17, 15) is 4.79 Å². The fraction of sp³-hybridized carbons (Fsp3) is 0.400. The van der Waals surface area contributed by atoms with Gasteiger partial charge >= 0.3 is 0 Å². The molecule has 2 N–H and O–H groups in total. The van der Waals surface area contributed by atoms with Crippen LogP contribution in [0.2, 0.25) is 0 Å². The smallest absolute Gasteiger partial charge is 0.273 e. The van der Waals surface area contributed by atoms with E-state index in [-0.39, 0.29) is 11.9 Å². The number of hydrogen-bond donors (Lipinski definition) is 2. The van der Waals surface area contributed by atoms with Gasteiger partial charge < -0.3 is 10.6 Å². The first-order valence-corrected chi connectivity index (χ1v) is 8.02. The van der Waals surface area contributed by atoms with Crippen molar-refractivity contribution < 1.29 is 4.79 Å². The van der Waals surface area contributed by atoms with Crippen molar-refractivity contribution in [1.82, 2.24) is 25.6 Å². The second kappa shape index (κ2) is 7.51. The van der Waals surface area contributed by atoms with E-state index in [1.807, 2.05) is 45.0 Å². The van der Waals surface area contributed by atoms with Crippen LogP contribution in [0.25, 0.3) is 5.69 Å². The Morgan fingerprint density at radius 3 is 2.91 bits per heavy atom. The summed E-state index contributed by atoms with van der Waals surface area (Å²) in [4.78, 5) is 12.2. The van der Waals surface area contributed by atoms with Crippen LogP contribution in [0.1, 0.15) is 30.0 Å².